The van der Waals surface area contributed by atoms with Crippen molar-refractivity contribution in [2.45, 2.75) is 96.3 Å². The molecule has 156 valence electrons. The highest BCUT2D eigenvalue weighted by Gasteiger charge is 2.24. The molecule has 4 rings (SSSR count). The van der Waals surface area contributed by atoms with Crippen LogP contribution in [0.1, 0.15) is 109 Å². The molecule has 2 fully saturated rings. The number of hydrogen-bond donors (Lipinski definition) is 2. The summed E-state index contributed by atoms with van der Waals surface area (Å²) in [7, 11) is 0. The van der Waals surface area contributed by atoms with Crippen molar-refractivity contribution in [3.63, 3.8) is 0 Å². The first kappa shape index (κ1) is 20.3. The summed E-state index contributed by atoms with van der Waals surface area (Å²) in [6.07, 6.45) is 13.0. The Morgan fingerprint density at radius 2 is 1.00 bits per heavy atom. The molecule has 0 aliphatic heterocycles. The third-order valence-corrected chi connectivity index (χ3v) is 7.54. The Hall–Kier alpha value is -1.96. The predicted molar refractivity (Wildman–Crippen MR) is 120 cm³/mol. The van der Waals surface area contributed by atoms with Crippen molar-refractivity contribution in [3.05, 3.63) is 57.6 Å². The van der Waals surface area contributed by atoms with Gasteiger partial charge in [-0.3, -0.25) is 0 Å². The Kier molecular flexibility index (Phi) is 6.18. The van der Waals surface area contributed by atoms with E-state index in [4.69, 9.17) is 0 Å². The van der Waals surface area contributed by atoms with Crippen molar-refractivity contribution < 1.29 is 10.2 Å². The highest BCUT2D eigenvalue weighted by Crippen LogP contribution is 2.43. The van der Waals surface area contributed by atoms with Crippen LogP contribution in [0.2, 0.25) is 0 Å². The van der Waals surface area contributed by atoms with Gasteiger partial charge < -0.3 is 10.2 Å². The Morgan fingerprint density at radius 1 is 0.621 bits per heavy atom. The zero-order valence-electron chi connectivity index (χ0n) is 18.1. The first-order valence-corrected chi connectivity index (χ1v) is 11.7. The molecular weight excluding hydrogens is 356 g/mol. The van der Waals surface area contributed by atoms with E-state index in [0.717, 1.165) is 33.4 Å². The number of aryl methyl sites for hydroxylation is 2. The van der Waals surface area contributed by atoms with E-state index in [9.17, 15) is 10.2 Å². The Balaban J connectivity index is 1.68. The second-order valence-electron chi connectivity index (χ2n) is 9.44. The molecular formula is C27H36O2. The smallest absolute Gasteiger partial charge is 0.122 e. The molecule has 0 unspecified atom stereocenters. The van der Waals surface area contributed by atoms with Crippen LogP contribution in [0.3, 0.4) is 0 Å². The van der Waals surface area contributed by atoms with Crippen LogP contribution in [0.25, 0.3) is 0 Å². The molecule has 2 N–H and O–H groups in total. The van der Waals surface area contributed by atoms with Gasteiger partial charge in [-0.15, -0.1) is 0 Å². The Morgan fingerprint density at radius 3 is 1.38 bits per heavy atom. The van der Waals surface area contributed by atoms with Gasteiger partial charge in [0.15, 0.2) is 0 Å². The van der Waals surface area contributed by atoms with Crippen LogP contribution in [0.5, 0.6) is 11.5 Å². The van der Waals surface area contributed by atoms with Crippen molar-refractivity contribution in [1.82, 2.24) is 0 Å². The van der Waals surface area contributed by atoms with E-state index in [-0.39, 0.29) is 0 Å². The molecule has 2 nitrogen and oxygen atoms in total. The summed E-state index contributed by atoms with van der Waals surface area (Å²) in [5.41, 5.74) is 6.45. The first-order chi connectivity index (χ1) is 14.1. The lowest BCUT2D eigenvalue weighted by Crippen LogP contribution is -2.08. The van der Waals surface area contributed by atoms with E-state index in [2.05, 4.69) is 38.1 Å². The van der Waals surface area contributed by atoms with E-state index in [1.54, 1.807) is 0 Å². The Labute approximate surface area is 176 Å². The number of rotatable bonds is 4. The summed E-state index contributed by atoms with van der Waals surface area (Å²) in [5, 5.41) is 22.4. The van der Waals surface area contributed by atoms with Gasteiger partial charge in [0.25, 0.3) is 0 Å². The highest BCUT2D eigenvalue weighted by molar-refractivity contribution is 5.54. The fourth-order valence-corrected chi connectivity index (χ4v) is 5.62. The van der Waals surface area contributed by atoms with Crippen LogP contribution in [-0.2, 0) is 6.42 Å². The number of aromatic hydroxyl groups is 2. The van der Waals surface area contributed by atoms with E-state index in [1.807, 2.05) is 0 Å². The minimum absolute atomic E-state index is 0.471. The lowest BCUT2D eigenvalue weighted by atomic mass is 9.80. The van der Waals surface area contributed by atoms with Crippen molar-refractivity contribution in [1.29, 1.82) is 0 Å². The van der Waals surface area contributed by atoms with Crippen molar-refractivity contribution in [2.75, 3.05) is 0 Å². The molecule has 0 radical (unpaired) electrons. The molecule has 2 aromatic rings. The van der Waals surface area contributed by atoms with Crippen molar-refractivity contribution >= 4 is 0 Å². The number of benzene rings is 2. The van der Waals surface area contributed by atoms with Crippen LogP contribution in [0.15, 0.2) is 24.3 Å². The van der Waals surface area contributed by atoms with Gasteiger partial charge in [-0.2, -0.15) is 0 Å². The lowest BCUT2D eigenvalue weighted by Gasteiger charge is -2.26. The molecule has 2 heteroatoms. The topological polar surface area (TPSA) is 40.5 Å². The minimum Gasteiger partial charge on any atom is -0.507 e. The monoisotopic (exact) mass is 392 g/mol. The molecule has 0 amide bonds. The molecule has 2 saturated carbocycles. The molecule has 2 aliphatic rings. The first-order valence-electron chi connectivity index (χ1n) is 11.7. The molecule has 2 aromatic carbocycles. The summed E-state index contributed by atoms with van der Waals surface area (Å²) in [6, 6.07) is 8.59. The third-order valence-electron chi connectivity index (χ3n) is 7.54. The average molecular weight is 393 g/mol. The molecule has 0 bridgehead atoms. The summed E-state index contributed by atoms with van der Waals surface area (Å²) in [6.45, 7) is 4.16. The van der Waals surface area contributed by atoms with Crippen LogP contribution < -0.4 is 0 Å². The fraction of sp³-hybridized carbons (Fsp3) is 0.556. The van der Waals surface area contributed by atoms with E-state index in [1.165, 1.54) is 64.2 Å². The van der Waals surface area contributed by atoms with Gasteiger partial charge in [0.2, 0.25) is 0 Å². The number of phenolic OH excluding ortho intramolecular Hbond substituents is 2. The summed E-state index contributed by atoms with van der Waals surface area (Å²) in [5.74, 6) is 1.90. The van der Waals surface area contributed by atoms with Crippen LogP contribution in [0.4, 0.5) is 0 Å². The second kappa shape index (κ2) is 8.81. The largest absolute Gasteiger partial charge is 0.507 e. The molecule has 2 aliphatic carbocycles. The minimum atomic E-state index is 0.471. The zero-order valence-corrected chi connectivity index (χ0v) is 18.1. The summed E-state index contributed by atoms with van der Waals surface area (Å²) >= 11 is 0. The van der Waals surface area contributed by atoms with Crippen LogP contribution in [-0.4, -0.2) is 10.2 Å². The Bertz CT molecular complexity index is 784. The normalized spacial score (nSPS) is 18.8. The maximum absolute atomic E-state index is 11.2. The third kappa shape index (κ3) is 4.17. The summed E-state index contributed by atoms with van der Waals surface area (Å²) < 4.78 is 0. The number of phenols is 2. The van der Waals surface area contributed by atoms with Gasteiger partial charge in [0, 0.05) is 17.5 Å². The van der Waals surface area contributed by atoms with E-state index in [0.29, 0.717) is 29.8 Å². The van der Waals surface area contributed by atoms with Gasteiger partial charge >= 0.3 is 0 Å². The van der Waals surface area contributed by atoms with Crippen molar-refractivity contribution in [3.8, 4) is 11.5 Å². The molecule has 0 heterocycles. The summed E-state index contributed by atoms with van der Waals surface area (Å²) in [4.78, 5) is 0. The maximum Gasteiger partial charge on any atom is 0.122 e. The van der Waals surface area contributed by atoms with Crippen molar-refractivity contribution in [2.24, 2.45) is 0 Å². The van der Waals surface area contributed by atoms with Crippen LogP contribution in [0, 0.1) is 13.8 Å². The SMILES string of the molecule is Cc1ccc(C2CCCCC2)c(O)c1Cc1c(C)ccc(C2CCCCC2)c1O. The van der Waals surface area contributed by atoms with Gasteiger partial charge in [0.1, 0.15) is 11.5 Å². The van der Waals surface area contributed by atoms with Gasteiger partial charge in [-0.25, -0.2) is 0 Å². The quantitative estimate of drug-likeness (QED) is 0.569. The average Bonchev–Trinajstić information content (AvgIpc) is 2.74. The second-order valence-corrected chi connectivity index (χ2v) is 9.44. The van der Waals surface area contributed by atoms with E-state index < -0.39 is 0 Å². The fourth-order valence-electron chi connectivity index (χ4n) is 5.62. The number of hydrogen-bond acceptors (Lipinski definition) is 2. The van der Waals surface area contributed by atoms with Gasteiger partial charge in [-0.05, 0) is 73.6 Å². The maximum atomic E-state index is 11.2. The standard InChI is InChI=1S/C27H36O2/c1-18-13-15-22(20-9-5-3-6-10-20)26(28)24(18)17-25-19(2)14-16-23(27(25)29)21-11-7-4-8-12-21/h13-16,20-21,28-29H,3-12,17H2,1-2H3. The van der Waals surface area contributed by atoms with Gasteiger partial charge in [0.05, 0.1) is 0 Å². The zero-order chi connectivity index (χ0) is 20.4. The molecule has 0 atom stereocenters. The molecule has 29 heavy (non-hydrogen) atoms. The lowest BCUT2D eigenvalue weighted by molar-refractivity contribution is 0.408. The highest BCUT2D eigenvalue weighted by atomic mass is 16.3. The van der Waals surface area contributed by atoms with Gasteiger partial charge in [-0.1, -0.05) is 62.8 Å². The predicted octanol–water partition coefficient (Wildman–Crippen LogP) is 7.40. The molecule has 0 saturated heterocycles. The van der Waals surface area contributed by atoms with E-state index >= 15 is 0 Å². The molecule has 0 aromatic heterocycles. The van der Waals surface area contributed by atoms with Crippen LogP contribution >= 0.6 is 0 Å². The molecule has 0 spiro atoms.